The van der Waals surface area contributed by atoms with E-state index < -0.39 is 0 Å². The average Bonchev–Trinajstić information content (AvgIpc) is 3.11. The van der Waals surface area contributed by atoms with Crippen molar-refractivity contribution in [3.8, 4) is 0 Å². The fourth-order valence-corrected chi connectivity index (χ4v) is 3.04. The van der Waals surface area contributed by atoms with Gasteiger partial charge in [0.2, 0.25) is 5.78 Å². The van der Waals surface area contributed by atoms with Crippen LogP contribution >= 0.6 is 0 Å². The van der Waals surface area contributed by atoms with Gasteiger partial charge in [-0.05, 0) is 49.6 Å². The van der Waals surface area contributed by atoms with E-state index in [0.29, 0.717) is 28.7 Å². The lowest BCUT2D eigenvalue weighted by Gasteiger charge is -2.02. The zero-order valence-corrected chi connectivity index (χ0v) is 15.8. The lowest BCUT2D eigenvalue weighted by molar-refractivity contribution is 0.0526. The number of carbonyl (C=O) groups is 2. The molecule has 0 saturated heterocycles. The Kier molecular flexibility index (Phi) is 6.07. The van der Waals surface area contributed by atoms with E-state index in [9.17, 15) is 9.59 Å². The maximum atomic E-state index is 12.7. The molecule has 0 aliphatic carbocycles. The summed E-state index contributed by atoms with van der Waals surface area (Å²) in [5, 5.41) is 0.708. The smallest absolute Gasteiger partial charge is 0.338 e. The Morgan fingerprint density at radius 1 is 0.926 bits per heavy atom. The van der Waals surface area contributed by atoms with Gasteiger partial charge in [-0.2, -0.15) is 0 Å². The first-order valence-electron chi connectivity index (χ1n) is 9.46. The molecule has 0 radical (unpaired) electrons. The van der Waals surface area contributed by atoms with E-state index in [2.05, 4.69) is 6.92 Å². The molecule has 0 spiro atoms. The summed E-state index contributed by atoms with van der Waals surface area (Å²) in [6.45, 7) is 4.27. The molecule has 0 N–H and O–H groups in total. The first-order valence-corrected chi connectivity index (χ1v) is 9.46. The van der Waals surface area contributed by atoms with Crippen LogP contribution in [0, 0.1) is 0 Å². The highest BCUT2D eigenvalue weighted by Crippen LogP contribution is 2.23. The number of hydrogen-bond acceptors (Lipinski definition) is 4. The normalized spacial score (nSPS) is 10.9. The van der Waals surface area contributed by atoms with Crippen molar-refractivity contribution in [3.05, 3.63) is 71.0 Å². The second kappa shape index (κ2) is 8.67. The van der Waals surface area contributed by atoms with Crippen molar-refractivity contribution in [2.45, 2.75) is 39.5 Å². The summed E-state index contributed by atoms with van der Waals surface area (Å²) in [6.07, 6.45) is 4.60. The van der Waals surface area contributed by atoms with Crippen LogP contribution in [0.1, 0.15) is 65.1 Å². The Labute approximate surface area is 159 Å². The summed E-state index contributed by atoms with van der Waals surface area (Å²) in [7, 11) is 0. The van der Waals surface area contributed by atoms with Crippen LogP contribution in [-0.2, 0) is 11.2 Å². The minimum absolute atomic E-state index is 0.163. The van der Waals surface area contributed by atoms with E-state index >= 15 is 0 Å². The number of benzene rings is 2. The maximum absolute atomic E-state index is 12.7. The van der Waals surface area contributed by atoms with E-state index in [4.69, 9.17) is 9.15 Å². The molecule has 3 aromatic rings. The highest BCUT2D eigenvalue weighted by atomic mass is 16.5. The molecule has 0 aliphatic rings. The summed E-state index contributed by atoms with van der Waals surface area (Å²) >= 11 is 0. The van der Waals surface area contributed by atoms with Crippen molar-refractivity contribution >= 4 is 22.7 Å². The lowest BCUT2D eigenvalue weighted by Crippen LogP contribution is -2.03. The van der Waals surface area contributed by atoms with Gasteiger partial charge in [-0.25, -0.2) is 4.79 Å². The number of aryl methyl sites for hydroxylation is 1. The minimum atomic E-state index is -0.382. The van der Waals surface area contributed by atoms with Crippen LogP contribution in [-0.4, -0.2) is 18.4 Å². The van der Waals surface area contributed by atoms with Crippen LogP contribution in [0.15, 0.2) is 52.9 Å². The Balaban J connectivity index is 1.78. The first-order chi connectivity index (χ1) is 13.1. The summed E-state index contributed by atoms with van der Waals surface area (Å²) in [4.78, 5) is 24.6. The molecule has 0 fully saturated rings. The van der Waals surface area contributed by atoms with Crippen LogP contribution in [0.25, 0.3) is 11.0 Å². The molecule has 0 atom stereocenters. The molecule has 4 heteroatoms. The topological polar surface area (TPSA) is 56.5 Å². The first kappa shape index (κ1) is 18.9. The molecular weight excluding hydrogens is 340 g/mol. The fourth-order valence-electron chi connectivity index (χ4n) is 3.04. The van der Waals surface area contributed by atoms with Gasteiger partial charge in [0, 0.05) is 10.9 Å². The van der Waals surface area contributed by atoms with Gasteiger partial charge < -0.3 is 9.15 Å². The van der Waals surface area contributed by atoms with Gasteiger partial charge in [0.05, 0.1) is 12.2 Å². The molecule has 27 heavy (non-hydrogen) atoms. The van der Waals surface area contributed by atoms with Gasteiger partial charge in [0.1, 0.15) is 5.58 Å². The summed E-state index contributed by atoms with van der Waals surface area (Å²) in [5.74, 6) is -0.277. The number of ketones is 1. The number of hydrogen-bond donors (Lipinski definition) is 0. The molecular formula is C23H24O4. The molecule has 0 bridgehead atoms. The highest BCUT2D eigenvalue weighted by Gasteiger charge is 2.16. The van der Waals surface area contributed by atoms with Crippen molar-refractivity contribution < 1.29 is 18.7 Å². The highest BCUT2D eigenvalue weighted by molar-refractivity contribution is 6.09. The maximum Gasteiger partial charge on any atom is 0.338 e. The zero-order chi connectivity index (χ0) is 19.2. The largest absolute Gasteiger partial charge is 0.462 e. The summed E-state index contributed by atoms with van der Waals surface area (Å²) in [6, 6.07) is 14.4. The second-order valence-corrected chi connectivity index (χ2v) is 6.57. The predicted molar refractivity (Wildman–Crippen MR) is 105 cm³/mol. The number of rotatable bonds is 8. The Bertz CT molecular complexity index is 935. The number of carbonyl (C=O) groups excluding carboxylic acids is 2. The van der Waals surface area contributed by atoms with Crippen molar-refractivity contribution in [1.82, 2.24) is 0 Å². The van der Waals surface area contributed by atoms with Crippen molar-refractivity contribution in [2.75, 3.05) is 6.61 Å². The molecule has 140 valence electrons. The second-order valence-electron chi connectivity index (χ2n) is 6.57. The van der Waals surface area contributed by atoms with Gasteiger partial charge in [-0.1, -0.05) is 44.0 Å². The zero-order valence-electron chi connectivity index (χ0n) is 15.8. The molecule has 0 aliphatic heterocycles. The van der Waals surface area contributed by atoms with E-state index in [1.54, 1.807) is 31.2 Å². The number of fused-ring (bicyclic) bond motifs is 1. The molecule has 4 nitrogen and oxygen atoms in total. The third-order valence-electron chi connectivity index (χ3n) is 4.54. The number of ether oxygens (including phenoxy) is 1. The van der Waals surface area contributed by atoms with Crippen LogP contribution in [0.5, 0.6) is 0 Å². The number of furan rings is 1. The quantitative estimate of drug-likeness (QED) is 0.298. The monoisotopic (exact) mass is 364 g/mol. The Morgan fingerprint density at radius 3 is 2.37 bits per heavy atom. The van der Waals surface area contributed by atoms with E-state index in [-0.39, 0.29) is 17.5 Å². The predicted octanol–water partition coefficient (Wildman–Crippen LogP) is 5.57. The van der Waals surface area contributed by atoms with E-state index in [1.165, 1.54) is 18.4 Å². The molecule has 0 saturated carbocycles. The van der Waals surface area contributed by atoms with Crippen LogP contribution in [0.4, 0.5) is 0 Å². The average molecular weight is 364 g/mol. The van der Waals surface area contributed by atoms with Gasteiger partial charge >= 0.3 is 5.97 Å². The summed E-state index contributed by atoms with van der Waals surface area (Å²) < 4.78 is 10.7. The minimum Gasteiger partial charge on any atom is -0.462 e. The van der Waals surface area contributed by atoms with Crippen LogP contribution in [0.2, 0.25) is 0 Å². The standard InChI is InChI=1S/C23H24O4/c1-3-5-6-7-16-8-10-17(11-9-16)22(24)21-15-19-14-18(23(25)26-4-2)12-13-20(19)27-21/h8-15H,3-7H2,1-2H3. The van der Waals surface area contributed by atoms with E-state index in [0.717, 1.165) is 12.8 Å². The molecule has 0 amide bonds. The van der Waals surface area contributed by atoms with Crippen LogP contribution in [0.3, 0.4) is 0 Å². The molecule has 3 rings (SSSR count). The molecule has 1 heterocycles. The number of unbranched alkanes of at least 4 members (excludes halogenated alkanes) is 2. The lowest BCUT2D eigenvalue weighted by atomic mass is 10.0. The van der Waals surface area contributed by atoms with Gasteiger partial charge in [0.25, 0.3) is 0 Å². The SMILES string of the molecule is CCCCCc1ccc(C(=O)c2cc3cc(C(=O)OCC)ccc3o2)cc1. The van der Waals surface area contributed by atoms with Crippen molar-refractivity contribution in [1.29, 1.82) is 0 Å². The third-order valence-corrected chi connectivity index (χ3v) is 4.54. The third kappa shape index (κ3) is 4.45. The fraction of sp³-hybridized carbons (Fsp3) is 0.304. The molecule has 2 aromatic carbocycles. The molecule has 0 unspecified atom stereocenters. The van der Waals surface area contributed by atoms with Crippen LogP contribution < -0.4 is 0 Å². The van der Waals surface area contributed by atoms with Crippen molar-refractivity contribution in [3.63, 3.8) is 0 Å². The van der Waals surface area contributed by atoms with Crippen molar-refractivity contribution in [2.24, 2.45) is 0 Å². The Hall–Kier alpha value is -2.88. The summed E-state index contributed by atoms with van der Waals surface area (Å²) in [5.41, 5.74) is 2.85. The van der Waals surface area contributed by atoms with Gasteiger partial charge in [0.15, 0.2) is 5.76 Å². The van der Waals surface area contributed by atoms with E-state index in [1.807, 2.05) is 24.3 Å². The van der Waals surface area contributed by atoms with Gasteiger partial charge in [-0.15, -0.1) is 0 Å². The van der Waals surface area contributed by atoms with Gasteiger partial charge in [-0.3, -0.25) is 4.79 Å². The molecule has 1 aromatic heterocycles. The Morgan fingerprint density at radius 2 is 1.67 bits per heavy atom. The number of esters is 1.